The summed E-state index contributed by atoms with van der Waals surface area (Å²) in [5, 5.41) is 11.8. The second kappa shape index (κ2) is 23.7. The standard InChI is InChI=1S/C37H26N4O.C37H24N4O.CN2O.2CH4.2Pd/c2*1-37(2)29-11-7-10-28-27-18-16-24(22-33(27)41(35(28)29)36-30(37)12-8-20-39-36)42-23-15-17-26-25-9-3-4-13-31(25)40(32(26)21-23)34-14-5-6-19-38-34;1-3-4-2;;;;/h3-22H,1-2H3;3-20H,1-2H3;;2*1H4;;/q;-2;;;;;+2. The predicted octanol–water partition coefficient (Wildman–Crippen LogP) is 19.6. The molecule has 0 spiro atoms. The van der Waals surface area contributed by atoms with Gasteiger partial charge < -0.3 is 18.6 Å². The Morgan fingerprint density at radius 1 is 0.413 bits per heavy atom. The van der Waals surface area contributed by atoms with Gasteiger partial charge in [-0.25, -0.2) is 19.9 Å². The van der Waals surface area contributed by atoms with Crippen molar-refractivity contribution in [2.45, 2.75) is 53.4 Å². The van der Waals surface area contributed by atoms with Crippen molar-refractivity contribution in [1.29, 1.82) is 0 Å². The SMILES string of the molecule is C.C.CC1(C)c2cccnc2-n2c3[c-]c(Oc4[c-]c5c(cc4)c4ccccc4n5-c4ccccn4)ccc3c3cccc1c32.CC1(C)c2cccnc2-n2c3cc(Oc4ccc5c6ccccc6n(-c6ccccn6)c5c4)ccc3c3cccc1c32.[C-]#[N+]O[N]=[Pd].[Pd+2]. The Balaban J connectivity index is 0.000000152. The summed E-state index contributed by atoms with van der Waals surface area (Å²) in [6, 6.07) is 78.5. The van der Waals surface area contributed by atoms with Crippen molar-refractivity contribution in [3.05, 3.63) is 277 Å². The first-order valence-electron chi connectivity index (χ1n) is 29.1. The normalized spacial score (nSPS) is 12.8. The predicted molar refractivity (Wildman–Crippen MR) is 360 cm³/mol. The number of nitrogens with zero attached hydrogens (tertiary/aromatic N) is 10. The summed E-state index contributed by atoms with van der Waals surface area (Å²) in [6.45, 7) is 15.0. The third-order valence-electron chi connectivity index (χ3n) is 17.6. The molecule has 454 valence electrons. The fourth-order valence-electron chi connectivity index (χ4n) is 13.7. The number of pyridine rings is 4. The Morgan fingerprint density at radius 2 is 0.837 bits per heavy atom. The van der Waals surface area contributed by atoms with Crippen molar-refractivity contribution in [2.75, 3.05) is 0 Å². The molecular formula is C77H58N10O3Pd2. The number of hydrogen-bond acceptors (Lipinski definition) is 8. The first-order valence-corrected chi connectivity index (χ1v) is 29.8. The molecule has 0 radical (unpaired) electrons. The van der Waals surface area contributed by atoms with Crippen LogP contribution in [0.4, 0.5) is 0 Å². The zero-order chi connectivity index (χ0) is 60.1. The third-order valence-corrected chi connectivity index (χ3v) is 17.7. The average Bonchev–Trinajstić information content (AvgIpc) is 1.36. The van der Waals surface area contributed by atoms with Crippen LogP contribution in [-0.4, -0.2) is 38.2 Å². The van der Waals surface area contributed by atoms with Gasteiger partial charge in [0, 0.05) is 103 Å². The van der Waals surface area contributed by atoms with E-state index in [0.29, 0.717) is 11.5 Å². The smallest absolute Gasteiger partial charge is 2.00 e. The van der Waals surface area contributed by atoms with E-state index in [1.807, 2.05) is 85.5 Å². The van der Waals surface area contributed by atoms with Crippen LogP contribution in [0.2, 0.25) is 0 Å². The molecule has 15 heteroatoms. The van der Waals surface area contributed by atoms with Gasteiger partial charge in [-0.2, -0.15) is 12.1 Å². The molecule has 0 saturated carbocycles. The Labute approximate surface area is 555 Å². The zero-order valence-electron chi connectivity index (χ0n) is 48.8. The monoisotopic (exact) mass is 1380 g/mol. The van der Waals surface area contributed by atoms with Crippen LogP contribution in [-0.2, 0) is 55.2 Å². The molecule has 0 amide bonds. The maximum absolute atomic E-state index is 6.59. The molecule has 8 aromatic carbocycles. The molecule has 2 aliphatic rings. The quantitative estimate of drug-likeness (QED) is 0.0886. The minimum Gasteiger partial charge on any atom is 2.00 e. The minimum atomic E-state index is -0.163. The van der Waals surface area contributed by atoms with Crippen LogP contribution in [0, 0.1) is 18.7 Å². The average molecular weight is 1380 g/mol. The molecule has 10 heterocycles. The van der Waals surface area contributed by atoms with E-state index in [0.717, 1.165) is 84.0 Å². The molecule has 8 aromatic heterocycles. The summed E-state index contributed by atoms with van der Waals surface area (Å²) < 4.78 is 24.8. The molecular weight excluding hydrogens is 1330 g/mol. The summed E-state index contributed by atoms with van der Waals surface area (Å²) in [7, 11) is 0. The molecule has 0 saturated heterocycles. The minimum absolute atomic E-state index is 0. The van der Waals surface area contributed by atoms with Gasteiger partial charge in [0.2, 0.25) is 0 Å². The van der Waals surface area contributed by atoms with Gasteiger partial charge >= 0.3 is 59.7 Å². The van der Waals surface area contributed by atoms with Gasteiger partial charge in [-0.15, -0.1) is 35.0 Å². The van der Waals surface area contributed by atoms with Crippen LogP contribution in [0.25, 0.3) is 116 Å². The molecule has 0 aliphatic carbocycles. The molecule has 0 atom stereocenters. The first-order chi connectivity index (χ1) is 43.6. The summed E-state index contributed by atoms with van der Waals surface area (Å²) >= 11 is 2.28. The largest absolute Gasteiger partial charge is 2.00 e. The van der Waals surface area contributed by atoms with E-state index < -0.39 is 0 Å². The number of benzene rings is 8. The molecule has 18 rings (SSSR count). The van der Waals surface area contributed by atoms with E-state index in [2.05, 4.69) is 246 Å². The van der Waals surface area contributed by atoms with Gasteiger partial charge in [-0.3, -0.25) is 9.13 Å². The van der Waals surface area contributed by atoms with Crippen LogP contribution < -0.4 is 9.47 Å². The van der Waals surface area contributed by atoms with Crippen molar-refractivity contribution in [2.24, 2.45) is 3.73 Å². The molecule has 0 bridgehead atoms. The van der Waals surface area contributed by atoms with Crippen LogP contribution in [0.1, 0.15) is 64.8 Å². The van der Waals surface area contributed by atoms with E-state index in [1.54, 1.807) is 0 Å². The third kappa shape index (κ3) is 9.49. The summed E-state index contributed by atoms with van der Waals surface area (Å²) in [5.41, 5.74) is 13.3. The van der Waals surface area contributed by atoms with E-state index in [-0.39, 0.29) is 46.1 Å². The Morgan fingerprint density at radius 3 is 1.39 bits per heavy atom. The van der Waals surface area contributed by atoms with Crippen molar-refractivity contribution >= 4 is 87.2 Å². The van der Waals surface area contributed by atoms with Gasteiger partial charge in [0.25, 0.3) is 0 Å². The van der Waals surface area contributed by atoms with Crippen LogP contribution in [0.15, 0.2) is 235 Å². The fraction of sp³-hybridized carbons (Fsp3) is 0.104. The van der Waals surface area contributed by atoms with E-state index in [1.165, 1.54) is 60.2 Å². The van der Waals surface area contributed by atoms with E-state index in [9.17, 15) is 0 Å². The first kappa shape index (κ1) is 60.5. The van der Waals surface area contributed by atoms with Gasteiger partial charge in [0.15, 0.2) is 0 Å². The number of hydrogen-bond donors (Lipinski definition) is 0. The summed E-state index contributed by atoms with van der Waals surface area (Å²) in [6.07, 6.45) is 7.40. The number of rotatable bonds is 7. The second-order valence-electron chi connectivity index (χ2n) is 23.1. The van der Waals surface area contributed by atoms with Gasteiger partial charge in [-0.1, -0.05) is 151 Å². The molecule has 0 N–H and O–H groups in total. The maximum atomic E-state index is 6.59. The van der Waals surface area contributed by atoms with Crippen LogP contribution in [0.3, 0.4) is 0 Å². The van der Waals surface area contributed by atoms with Crippen molar-refractivity contribution < 1.29 is 53.9 Å². The number of para-hydroxylation sites is 4. The van der Waals surface area contributed by atoms with Crippen LogP contribution in [0.5, 0.6) is 23.0 Å². The number of fused-ring (bicyclic) bond motifs is 16. The Kier molecular flexibility index (Phi) is 15.6. The van der Waals surface area contributed by atoms with E-state index >= 15 is 0 Å². The molecule has 16 aromatic rings. The zero-order valence-corrected chi connectivity index (χ0v) is 51.9. The molecule has 13 nitrogen and oxygen atoms in total. The van der Waals surface area contributed by atoms with Gasteiger partial charge in [0.1, 0.15) is 34.8 Å². The van der Waals surface area contributed by atoms with E-state index in [4.69, 9.17) is 26.0 Å². The summed E-state index contributed by atoms with van der Waals surface area (Å²) in [5.74, 6) is 6.46. The number of ether oxygens (including phenoxy) is 2. The van der Waals surface area contributed by atoms with Gasteiger partial charge in [0.05, 0.1) is 22.1 Å². The van der Waals surface area contributed by atoms with Gasteiger partial charge in [-0.05, 0) is 94.7 Å². The van der Waals surface area contributed by atoms with Crippen molar-refractivity contribution in [3.8, 4) is 46.3 Å². The summed E-state index contributed by atoms with van der Waals surface area (Å²) in [4.78, 5) is 22.7. The fourth-order valence-corrected chi connectivity index (χ4v) is 13.7. The van der Waals surface area contributed by atoms with Crippen molar-refractivity contribution in [3.63, 3.8) is 0 Å². The Bertz CT molecular complexity index is 5270. The Hall–Kier alpha value is -10.4. The molecule has 0 fully saturated rings. The van der Waals surface area contributed by atoms with Crippen LogP contribution >= 0.6 is 0 Å². The van der Waals surface area contributed by atoms with Crippen molar-refractivity contribution in [1.82, 2.24) is 38.2 Å². The molecule has 92 heavy (non-hydrogen) atoms. The number of aromatic nitrogens is 8. The molecule has 0 unspecified atom stereocenters. The molecule has 2 aliphatic heterocycles. The maximum Gasteiger partial charge on any atom is 2.00 e. The topological polar surface area (TPSA) is 116 Å². The second-order valence-corrected chi connectivity index (χ2v) is 23.4.